The average Bonchev–Trinajstić information content (AvgIpc) is 3.32. The quantitative estimate of drug-likeness (QED) is 0.180. The number of aromatic nitrogens is 2. The van der Waals surface area contributed by atoms with Crippen LogP contribution >= 0.6 is 11.3 Å². The molecule has 0 atom stereocenters. The van der Waals surface area contributed by atoms with Gasteiger partial charge in [0.15, 0.2) is 5.69 Å². The van der Waals surface area contributed by atoms with Crippen molar-refractivity contribution in [3.05, 3.63) is 114 Å². The summed E-state index contributed by atoms with van der Waals surface area (Å²) in [4.78, 5) is 13.1. The van der Waals surface area contributed by atoms with Gasteiger partial charge < -0.3 is 0 Å². The Morgan fingerprint density at radius 2 is 1.30 bits per heavy atom. The summed E-state index contributed by atoms with van der Waals surface area (Å²) in [6.07, 6.45) is 3.40. The molecule has 0 saturated carbocycles. The first-order valence-corrected chi connectivity index (χ1v) is 12.6. The monoisotopic (exact) mass is 488 g/mol. The molecule has 0 aliphatic rings. The van der Waals surface area contributed by atoms with Gasteiger partial charge in [-0.25, -0.2) is 4.85 Å². The third-order valence-corrected chi connectivity index (χ3v) is 7.93. The van der Waals surface area contributed by atoms with Crippen LogP contribution in [0.5, 0.6) is 0 Å². The lowest BCUT2D eigenvalue weighted by molar-refractivity contribution is 1.32. The van der Waals surface area contributed by atoms with Gasteiger partial charge in [-0.3, -0.25) is 9.97 Å². The molecule has 0 amide bonds. The van der Waals surface area contributed by atoms with E-state index in [0.717, 1.165) is 44.1 Å². The highest BCUT2D eigenvalue weighted by molar-refractivity contribution is 7.25. The minimum Gasteiger partial charge on any atom is -0.259 e. The molecule has 4 nitrogen and oxygen atoms in total. The molecule has 0 radical (unpaired) electrons. The lowest BCUT2D eigenvalue weighted by atomic mass is 9.87. The van der Waals surface area contributed by atoms with E-state index in [1.54, 1.807) is 35.9 Å². The van der Waals surface area contributed by atoms with Gasteiger partial charge in [-0.1, -0.05) is 42.5 Å². The summed E-state index contributed by atoms with van der Waals surface area (Å²) >= 11 is 1.77. The molecule has 0 saturated heterocycles. The predicted molar refractivity (Wildman–Crippen MR) is 152 cm³/mol. The number of hydrogen-bond donors (Lipinski definition) is 0. The summed E-state index contributed by atoms with van der Waals surface area (Å²) in [7, 11) is 0. The van der Waals surface area contributed by atoms with Gasteiger partial charge in [-0.15, -0.1) is 11.3 Å². The van der Waals surface area contributed by atoms with Crippen LogP contribution in [0.4, 0.5) is 5.69 Å². The molecule has 5 heteroatoms. The van der Waals surface area contributed by atoms with Gasteiger partial charge in [0.1, 0.15) is 0 Å². The molecule has 7 rings (SSSR count). The van der Waals surface area contributed by atoms with Crippen LogP contribution in [0.2, 0.25) is 0 Å². The first kappa shape index (κ1) is 21.2. The molecular weight excluding hydrogens is 472 g/mol. The third kappa shape index (κ3) is 3.27. The molecule has 3 heterocycles. The summed E-state index contributed by atoms with van der Waals surface area (Å²) < 4.78 is 2.42. The molecule has 4 aromatic carbocycles. The smallest absolute Gasteiger partial charge is 0.190 e. The Morgan fingerprint density at radius 3 is 2.03 bits per heavy atom. The number of rotatable bonds is 2. The molecule has 0 spiro atoms. The number of thiophene rings is 1. The second kappa shape index (κ2) is 8.24. The fraction of sp³-hybridized carbons (Fsp3) is 0. The van der Waals surface area contributed by atoms with Crippen molar-refractivity contribution >= 4 is 58.7 Å². The van der Waals surface area contributed by atoms with E-state index in [1.807, 2.05) is 24.3 Å². The van der Waals surface area contributed by atoms with Crippen LogP contribution < -0.4 is 0 Å². The molecule has 3 aromatic heterocycles. The van der Waals surface area contributed by atoms with Gasteiger partial charge in [0, 0.05) is 43.7 Å². The van der Waals surface area contributed by atoms with E-state index in [-0.39, 0.29) is 0 Å². The molecule has 37 heavy (non-hydrogen) atoms. The molecule has 7 aromatic rings. The highest BCUT2D eigenvalue weighted by atomic mass is 32.1. The van der Waals surface area contributed by atoms with Crippen molar-refractivity contribution in [3.8, 4) is 28.6 Å². The van der Waals surface area contributed by atoms with E-state index in [1.165, 1.54) is 20.2 Å². The fourth-order valence-corrected chi connectivity index (χ4v) is 6.34. The minimum absolute atomic E-state index is 0.553. The number of benzene rings is 4. The Bertz CT molecular complexity index is 2130. The van der Waals surface area contributed by atoms with Crippen LogP contribution in [0.1, 0.15) is 5.56 Å². The summed E-state index contributed by atoms with van der Waals surface area (Å²) in [5.41, 5.74) is 4.63. The van der Waals surface area contributed by atoms with Gasteiger partial charge in [0.2, 0.25) is 0 Å². The Hall–Kier alpha value is -5.10. The van der Waals surface area contributed by atoms with E-state index in [2.05, 4.69) is 59.4 Å². The second-order valence-electron chi connectivity index (χ2n) is 8.84. The zero-order valence-corrected chi connectivity index (χ0v) is 20.3. The maximum atomic E-state index is 9.59. The molecule has 0 fully saturated rings. The van der Waals surface area contributed by atoms with Crippen molar-refractivity contribution in [1.82, 2.24) is 9.97 Å². The Balaban J connectivity index is 1.74. The lowest BCUT2D eigenvalue weighted by Gasteiger charge is -2.17. The number of nitriles is 1. The summed E-state index contributed by atoms with van der Waals surface area (Å²) in [5, 5.41) is 16.2. The van der Waals surface area contributed by atoms with Crippen LogP contribution in [0.15, 0.2) is 97.3 Å². The number of pyridine rings is 2. The summed E-state index contributed by atoms with van der Waals surface area (Å²) in [6.45, 7) is 7.55. The van der Waals surface area contributed by atoms with Gasteiger partial charge in [-0.2, -0.15) is 5.26 Å². The summed E-state index contributed by atoms with van der Waals surface area (Å²) in [5.74, 6) is 0. The summed E-state index contributed by atoms with van der Waals surface area (Å²) in [6, 6.07) is 30.7. The Morgan fingerprint density at radius 1 is 0.649 bits per heavy atom. The SMILES string of the molecule is [C-]#[N+]c1ccnc(-c2c3ccccc3c(-c3cc(C#N)ccn3)c3cc4sc5ccccc5c4cc23)c1. The molecule has 170 valence electrons. The van der Waals surface area contributed by atoms with Crippen molar-refractivity contribution in [1.29, 1.82) is 5.26 Å². The number of nitrogens with zero attached hydrogens (tertiary/aromatic N) is 4. The lowest BCUT2D eigenvalue weighted by Crippen LogP contribution is -1.94. The van der Waals surface area contributed by atoms with Crippen molar-refractivity contribution in [3.63, 3.8) is 0 Å². The van der Waals surface area contributed by atoms with Gasteiger partial charge in [-0.05, 0) is 64.0 Å². The second-order valence-corrected chi connectivity index (χ2v) is 9.92. The van der Waals surface area contributed by atoms with Crippen LogP contribution in [-0.4, -0.2) is 9.97 Å². The highest BCUT2D eigenvalue weighted by Gasteiger charge is 2.20. The van der Waals surface area contributed by atoms with Crippen LogP contribution in [-0.2, 0) is 0 Å². The van der Waals surface area contributed by atoms with Crippen molar-refractivity contribution in [2.24, 2.45) is 0 Å². The molecule has 0 aliphatic heterocycles. The van der Waals surface area contributed by atoms with Gasteiger partial charge >= 0.3 is 0 Å². The van der Waals surface area contributed by atoms with E-state index < -0.39 is 0 Å². The molecule has 0 N–H and O–H groups in total. The Kier molecular flexibility index (Phi) is 4.72. The zero-order valence-electron chi connectivity index (χ0n) is 19.4. The molecule has 0 aliphatic carbocycles. The fourth-order valence-electron chi connectivity index (χ4n) is 5.21. The Labute approximate surface area is 216 Å². The van der Waals surface area contributed by atoms with Crippen molar-refractivity contribution < 1.29 is 0 Å². The van der Waals surface area contributed by atoms with E-state index in [0.29, 0.717) is 11.3 Å². The first-order chi connectivity index (χ1) is 18.2. The normalized spacial score (nSPS) is 11.2. The standard InChI is InChI=1S/C32H16N4S/c1-34-20-11-13-36-28(15-20)31-22-7-2-3-8-23(22)32(27-14-19(18-33)10-12-35-27)26-17-30-24(16-25(26)31)21-6-4-5-9-29(21)37-30/h2-17H. The highest BCUT2D eigenvalue weighted by Crippen LogP contribution is 2.46. The van der Waals surface area contributed by atoms with E-state index in [9.17, 15) is 5.26 Å². The maximum absolute atomic E-state index is 9.59. The average molecular weight is 489 g/mol. The third-order valence-electron chi connectivity index (χ3n) is 6.80. The van der Waals surface area contributed by atoms with Gasteiger partial charge in [0.25, 0.3) is 0 Å². The zero-order chi connectivity index (χ0) is 24.9. The topological polar surface area (TPSA) is 53.9 Å². The van der Waals surface area contributed by atoms with Crippen molar-refractivity contribution in [2.45, 2.75) is 0 Å². The van der Waals surface area contributed by atoms with Crippen LogP contribution in [0, 0.1) is 17.9 Å². The van der Waals surface area contributed by atoms with Crippen LogP contribution in [0.3, 0.4) is 0 Å². The largest absolute Gasteiger partial charge is 0.259 e. The van der Waals surface area contributed by atoms with Gasteiger partial charge in [0.05, 0.1) is 29.6 Å². The van der Waals surface area contributed by atoms with Crippen molar-refractivity contribution in [2.75, 3.05) is 0 Å². The van der Waals surface area contributed by atoms with E-state index in [4.69, 9.17) is 16.5 Å². The predicted octanol–water partition coefficient (Wildman–Crippen LogP) is 8.91. The molecular formula is C32H16N4S. The van der Waals surface area contributed by atoms with E-state index >= 15 is 0 Å². The number of fused-ring (bicyclic) bond motifs is 5. The van der Waals surface area contributed by atoms with Crippen LogP contribution in [0.25, 0.3) is 69.1 Å². The molecule has 0 bridgehead atoms. The minimum atomic E-state index is 0.553. The maximum Gasteiger partial charge on any atom is 0.190 e. The number of hydrogen-bond acceptors (Lipinski definition) is 4. The molecule has 0 unspecified atom stereocenters. The first-order valence-electron chi connectivity index (χ1n) is 11.8.